The monoisotopic (exact) mass is 264 g/mol. The molecule has 0 aliphatic carbocycles. The third-order valence-corrected chi connectivity index (χ3v) is 3.91. The molecule has 1 fully saturated rings. The molecule has 0 bridgehead atoms. The molecule has 104 valence electrons. The number of carbonyl (C=O) groups excluding carboxylic acids is 1. The topological polar surface area (TPSA) is 60.3 Å². The summed E-state index contributed by atoms with van der Waals surface area (Å²) in [5.41, 5.74) is 0. The molecule has 0 saturated carbocycles. The fourth-order valence-electron chi connectivity index (χ4n) is 2.93. The van der Waals surface area contributed by atoms with Crippen LogP contribution in [-0.2, 0) is 22.6 Å². The first-order valence-electron chi connectivity index (χ1n) is 6.92. The number of aromatic nitrogens is 3. The fraction of sp³-hybridized carbons (Fsp3) is 0.769. The maximum Gasteiger partial charge on any atom is 0.323 e. The van der Waals surface area contributed by atoms with Gasteiger partial charge in [-0.15, -0.1) is 10.2 Å². The molecule has 2 aliphatic rings. The lowest BCUT2D eigenvalue weighted by Crippen LogP contribution is -2.43. The largest absolute Gasteiger partial charge is 0.461 e. The quantitative estimate of drug-likeness (QED) is 0.743. The third-order valence-electron chi connectivity index (χ3n) is 3.91. The van der Waals surface area contributed by atoms with Crippen molar-refractivity contribution in [2.24, 2.45) is 0 Å². The van der Waals surface area contributed by atoms with Crippen molar-refractivity contribution in [1.82, 2.24) is 19.7 Å². The molecular formula is C13H20N4O2. The van der Waals surface area contributed by atoms with E-state index in [1.54, 1.807) is 0 Å². The van der Waals surface area contributed by atoms with E-state index in [0.29, 0.717) is 12.5 Å². The van der Waals surface area contributed by atoms with Gasteiger partial charge in [0, 0.05) is 25.4 Å². The van der Waals surface area contributed by atoms with Crippen molar-refractivity contribution < 1.29 is 9.53 Å². The van der Waals surface area contributed by atoms with Gasteiger partial charge in [-0.05, 0) is 6.92 Å². The van der Waals surface area contributed by atoms with Crippen LogP contribution in [0.25, 0.3) is 0 Å². The Labute approximate surface area is 112 Å². The van der Waals surface area contributed by atoms with Gasteiger partial charge in [0.1, 0.15) is 23.8 Å². The zero-order valence-corrected chi connectivity index (χ0v) is 11.7. The summed E-state index contributed by atoms with van der Waals surface area (Å²) in [6.45, 7) is 8.60. The number of esters is 1. The van der Waals surface area contributed by atoms with Gasteiger partial charge in [0.2, 0.25) is 0 Å². The van der Waals surface area contributed by atoms with Crippen molar-refractivity contribution in [1.29, 1.82) is 0 Å². The number of hydrogen-bond acceptors (Lipinski definition) is 5. The predicted molar refractivity (Wildman–Crippen MR) is 68.5 cm³/mol. The molecule has 0 spiro atoms. The minimum absolute atomic E-state index is 0.0310. The van der Waals surface area contributed by atoms with Crippen LogP contribution in [0.4, 0.5) is 0 Å². The molecule has 0 N–H and O–H groups in total. The van der Waals surface area contributed by atoms with Crippen LogP contribution >= 0.6 is 0 Å². The molecule has 2 aliphatic heterocycles. The lowest BCUT2D eigenvalue weighted by atomic mass is 10.1. The minimum atomic E-state index is -0.108. The normalized spacial score (nSPS) is 27.7. The average Bonchev–Trinajstić information content (AvgIpc) is 2.91. The molecule has 6 heteroatoms. The van der Waals surface area contributed by atoms with E-state index in [2.05, 4.69) is 33.5 Å². The summed E-state index contributed by atoms with van der Waals surface area (Å²) in [5.74, 6) is 2.29. The Hall–Kier alpha value is -1.43. The summed E-state index contributed by atoms with van der Waals surface area (Å²) in [5, 5.41) is 8.53. The minimum Gasteiger partial charge on any atom is -0.461 e. The summed E-state index contributed by atoms with van der Waals surface area (Å²) >= 11 is 0. The Morgan fingerprint density at radius 1 is 1.32 bits per heavy atom. The predicted octanol–water partition coefficient (Wildman–Crippen LogP) is 0.921. The highest BCUT2D eigenvalue weighted by atomic mass is 16.6. The van der Waals surface area contributed by atoms with Crippen LogP contribution in [0.1, 0.15) is 44.8 Å². The second kappa shape index (κ2) is 4.59. The van der Waals surface area contributed by atoms with Gasteiger partial charge in [0.15, 0.2) is 0 Å². The Kier molecular flexibility index (Phi) is 3.05. The molecule has 1 saturated heterocycles. The third kappa shape index (κ3) is 2.14. The van der Waals surface area contributed by atoms with Crippen LogP contribution in [0, 0.1) is 0 Å². The second-order valence-electron chi connectivity index (χ2n) is 5.75. The highest BCUT2D eigenvalue weighted by Crippen LogP contribution is 2.25. The molecule has 3 rings (SSSR count). The molecule has 6 nitrogen and oxygen atoms in total. The van der Waals surface area contributed by atoms with Crippen LogP contribution in [0.15, 0.2) is 0 Å². The number of rotatable bonds is 2. The van der Waals surface area contributed by atoms with E-state index < -0.39 is 0 Å². The standard InChI is InChI=1S/C13H20N4O2/c1-8(2)12-15-14-11-7-16(4-5-17(11)12)10-6-9(3)19-13(10)18/h8-10H,4-7H2,1-3H3/t9-,10-/m0/s1. The molecule has 19 heavy (non-hydrogen) atoms. The van der Waals surface area contributed by atoms with E-state index in [1.807, 2.05) is 6.92 Å². The molecule has 1 aromatic rings. The first-order chi connectivity index (χ1) is 9.06. The maximum absolute atomic E-state index is 11.8. The van der Waals surface area contributed by atoms with Gasteiger partial charge >= 0.3 is 5.97 Å². The van der Waals surface area contributed by atoms with E-state index in [1.165, 1.54) is 0 Å². The Bertz CT molecular complexity index is 497. The lowest BCUT2D eigenvalue weighted by Gasteiger charge is -2.30. The smallest absolute Gasteiger partial charge is 0.323 e. The zero-order chi connectivity index (χ0) is 13.6. The van der Waals surface area contributed by atoms with Gasteiger partial charge in [0.05, 0.1) is 6.54 Å². The van der Waals surface area contributed by atoms with Crippen molar-refractivity contribution >= 4 is 5.97 Å². The number of nitrogens with zero attached hydrogens (tertiary/aromatic N) is 4. The molecule has 0 aromatic carbocycles. The Morgan fingerprint density at radius 3 is 2.74 bits per heavy atom. The zero-order valence-electron chi connectivity index (χ0n) is 11.7. The van der Waals surface area contributed by atoms with E-state index in [0.717, 1.165) is 31.2 Å². The summed E-state index contributed by atoms with van der Waals surface area (Å²) in [6, 6.07) is -0.108. The van der Waals surface area contributed by atoms with Crippen LogP contribution < -0.4 is 0 Å². The second-order valence-corrected chi connectivity index (χ2v) is 5.75. The van der Waals surface area contributed by atoms with Crippen LogP contribution in [0.2, 0.25) is 0 Å². The van der Waals surface area contributed by atoms with Gasteiger partial charge in [-0.25, -0.2) is 0 Å². The number of fused-ring (bicyclic) bond motifs is 1. The summed E-state index contributed by atoms with van der Waals surface area (Å²) in [7, 11) is 0. The highest BCUT2D eigenvalue weighted by molar-refractivity contribution is 5.78. The summed E-state index contributed by atoms with van der Waals surface area (Å²) < 4.78 is 7.42. The van der Waals surface area contributed by atoms with Gasteiger partial charge < -0.3 is 9.30 Å². The van der Waals surface area contributed by atoms with E-state index >= 15 is 0 Å². The van der Waals surface area contributed by atoms with Gasteiger partial charge in [0.25, 0.3) is 0 Å². The molecule has 0 amide bonds. The SMILES string of the molecule is CC(C)c1nnc2n1CCN([C@H]1C[C@H](C)OC1=O)C2. The molecule has 3 heterocycles. The number of carbonyl (C=O) groups is 1. The molecule has 0 radical (unpaired) electrons. The first-order valence-corrected chi connectivity index (χ1v) is 6.92. The molecule has 1 aromatic heterocycles. The number of cyclic esters (lactones) is 1. The van der Waals surface area contributed by atoms with Crippen LogP contribution in [-0.4, -0.2) is 44.3 Å². The molecule has 2 atom stereocenters. The van der Waals surface area contributed by atoms with Crippen molar-refractivity contribution in [3.05, 3.63) is 11.6 Å². The van der Waals surface area contributed by atoms with Crippen molar-refractivity contribution in [2.45, 2.75) is 58.3 Å². The van der Waals surface area contributed by atoms with E-state index in [9.17, 15) is 4.79 Å². The highest BCUT2D eigenvalue weighted by Gasteiger charge is 2.38. The van der Waals surface area contributed by atoms with Crippen LogP contribution in [0.3, 0.4) is 0 Å². The van der Waals surface area contributed by atoms with Crippen molar-refractivity contribution in [3.63, 3.8) is 0 Å². The van der Waals surface area contributed by atoms with E-state index in [4.69, 9.17) is 4.74 Å². The average molecular weight is 264 g/mol. The first kappa shape index (κ1) is 12.6. The maximum atomic E-state index is 11.8. The lowest BCUT2D eigenvalue weighted by molar-refractivity contribution is -0.145. The Balaban J connectivity index is 1.78. The van der Waals surface area contributed by atoms with Gasteiger partial charge in [-0.2, -0.15) is 0 Å². The number of ether oxygens (including phenoxy) is 1. The van der Waals surface area contributed by atoms with Crippen LogP contribution in [0.5, 0.6) is 0 Å². The number of hydrogen-bond donors (Lipinski definition) is 0. The molecular weight excluding hydrogens is 244 g/mol. The summed E-state index contributed by atoms with van der Waals surface area (Å²) in [4.78, 5) is 14.0. The fourth-order valence-corrected chi connectivity index (χ4v) is 2.93. The molecule has 0 unspecified atom stereocenters. The van der Waals surface area contributed by atoms with Crippen molar-refractivity contribution in [3.8, 4) is 0 Å². The summed E-state index contributed by atoms with van der Waals surface area (Å²) in [6.07, 6.45) is 0.813. The van der Waals surface area contributed by atoms with Gasteiger partial charge in [-0.1, -0.05) is 13.8 Å². The Morgan fingerprint density at radius 2 is 2.11 bits per heavy atom. The van der Waals surface area contributed by atoms with Crippen molar-refractivity contribution in [2.75, 3.05) is 6.54 Å². The van der Waals surface area contributed by atoms with E-state index in [-0.39, 0.29) is 18.1 Å². The van der Waals surface area contributed by atoms with Gasteiger partial charge in [-0.3, -0.25) is 9.69 Å².